The summed E-state index contributed by atoms with van der Waals surface area (Å²) in [5.41, 5.74) is 0.915. The van der Waals surface area contributed by atoms with Crippen LogP contribution >= 0.6 is 0 Å². The summed E-state index contributed by atoms with van der Waals surface area (Å²) in [6.45, 7) is 3.18. The van der Waals surface area contributed by atoms with Gasteiger partial charge in [0.1, 0.15) is 6.73 Å². The SMILES string of the molecule is COCN1C=C(C(C)=O)CCC1. The van der Waals surface area contributed by atoms with Gasteiger partial charge in [-0.05, 0) is 19.8 Å². The lowest BCUT2D eigenvalue weighted by molar-refractivity contribution is -0.114. The van der Waals surface area contributed by atoms with Crippen LogP contribution in [0.2, 0.25) is 0 Å². The van der Waals surface area contributed by atoms with Crippen molar-refractivity contribution in [3.05, 3.63) is 11.8 Å². The van der Waals surface area contributed by atoms with Gasteiger partial charge in [-0.2, -0.15) is 0 Å². The molecule has 0 spiro atoms. The van der Waals surface area contributed by atoms with Crippen LogP contribution in [0, 0.1) is 0 Å². The van der Waals surface area contributed by atoms with Gasteiger partial charge >= 0.3 is 0 Å². The number of methoxy groups -OCH3 is 1. The third-order valence-corrected chi connectivity index (χ3v) is 1.98. The Bertz CT molecular complexity index is 199. The molecule has 0 aromatic rings. The third-order valence-electron chi connectivity index (χ3n) is 1.98. The Morgan fingerprint density at radius 3 is 3.08 bits per heavy atom. The monoisotopic (exact) mass is 169 g/mol. The molecule has 0 aliphatic carbocycles. The third kappa shape index (κ3) is 2.34. The van der Waals surface area contributed by atoms with Crippen LogP contribution in [0.3, 0.4) is 0 Å². The average molecular weight is 169 g/mol. The fourth-order valence-corrected chi connectivity index (χ4v) is 1.36. The Labute approximate surface area is 73.0 Å². The molecule has 0 aromatic heterocycles. The lowest BCUT2D eigenvalue weighted by Crippen LogP contribution is -2.26. The average Bonchev–Trinajstić information content (AvgIpc) is 2.05. The first-order valence-corrected chi connectivity index (χ1v) is 4.18. The van der Waals surface area contributed by atoms with Crippen LogP contribution < -0.4 is 0 Å². The number of nitrogens with zero attached hydrogens (tertiary/aromatic N) is 1. The molecule has 0 aromatic carbocycles. The van der Waals surface area contributed by atoms with Gasteiger partial charge in [0, 0.05) is 25.4 Å². The van der Waals surface area contributed by atoms with E-state index >= 15 is 0 Å². The van der Waals surface area contributed by atoms with Gasteiger partial charge < -0.3 is 9.64 Å². The van der Waals surface area contributed by atoms with Gasteiger partial charge in [0.15, 0.2) is 5.78 Å². The first kappa shape index (κ1) is 9.26. The molecule has 12 heavy (non-hydrogen) atoms. The summed E-state index contributed by atoms with van der Waals surface area (Å²) in [6, 6.07) is 0. The smallest absolute Gasteiger partial charge is 0.157 e. The zero-order valence-corrected chi connectivity index (χ0v) is 7.67. The van der Waals surface area contributed by atoms with Crippen molar-refractivity contribution in [2.24, 2.45) is 0 Å². The van der Waals surface area contributed by atoms with Crippen molar-refractivity contribution in [2.75, 3.05) is 20.4 Å². The molecule has 0 bridgehead atoms. The van der Waals surface area contributed by atoms with Crippen molar-refractivity contribution < 1.29 is 9.53 Å². The first-order chi connectivity index (χ1) is 5.74. The molecule has 1 heterocycles. The molecule has 68 valence electrons. The molecule has 0 N–H and O–H groups in total. The predicted molar refractivity (Wildman–Crippen MR) is 46.6 cm³/mol. The Hall–Kier alpha value is -0.830. The van der Waals surface area contributed by atoms with E-state index in [2.05, 4.69) is 0 Å². The van der Waals surface area contributed by atoms with E-state index in [0.29, 0.717) is 6.73 Å². The van der Waals surface area contributed by atoms with Crippen molar-refractivity contribution >= 4 is 5.78 Å². The topological polar surface area (TPSA) is 29.5 Å². The largest absolute Gasteiger partial charge is 0.364 e. The number of hydrogen-bond donors (Lipinski definition) is 0. The summed E-state index contributed by atoms with van der Waals surface area (Å²) in [6.07, 6.45) is 3.87. The van der Waals surface area contributed by atoms with Gasteiger partial charge in [-0.3, -0.25) is 4.79 Å². The van der Waals surface area contributed by atoms with E-state index in [1.807, 2.05) is 11.1 Å². The summed E-state index contributed by atoms with van der Waals surface area (Å²) in [5, 5.41) is 0. The van der Waals surface area contributed by atoms with Crippen molar-refractivity contribution in [2.45, 2.75) is 19.8 Å². The van der Waals surface area contributed by atoms with Crippen molar-refractivity contribution in [3.63, 3.8) is 0 Å². The minimum atomic E-state index is 0.177. The maximum Gasteiger partial charge on any atom is 0.157 e. The highest BCUT2D eigenvalue weighted by atomic mass is 16.5. The Morgan fingerprint density at radius 2 is 2.50 bits per heavy atom. The minimum absolute atomic E-state index is 0.177. The van der Waals surface area contributed by atoms with Gasteiger partial charge in [0.25, 0.3) is 0 Å². The number of ketones is 1. The number of carbonyl (C=O) groups is 1. The quantitative estimate of drug-likeness (QED) is 0.635. The fourth-order valence-electron chi connectivity index (χ4n) is 1.36. The van der Waals surface area contributed by atoms with E-state index in [4.69, 9.17) is 4.74 Å². The fraction of sp³-hybridized carbons (Fsp3) is 0.667. The van der Waals surface area contributed by atoms with E-state index in [0.717, 1.165) is 25.0 Å². The lowest BCUT2D eigenvalue weighted by Gasteiger charge is -2.24. The Morgan fingerprint density at radius 1 is 1.75 bits per heavy atom. The first-order valence-electron chi connectivity index (χ1n) is 4.18. The van der Waals surface area contributed by atoms with Crippen LogP contribution in [0.5, 0.6) is 0 Å². The van der Waals surface area contributed by atoms with Gasteiger partial charge in [0.05, 0.1) is 0 Å². The van der Waals surface area contributed by atoms with Crippen LogP contribution in [-0.4, -0.2) is 31.1 Å². The Kier molecular flexibility index (Phi) is 3.29. The molecule has 1 rings (SSSR count). The normalized spacial score (nSPS) is 17.5. The number of rotatable bonds is 3. The lowest BCUT2D eigenvalue weighted by atomic mass is 10.0. The number of hydrogen-bond acceptors (Lipinski definition) is 3. The van der Waals surface area contributed by atoms with Gasteiger partial charge in [-0.1, -0.05) is 0 Å². The van der Waals surface area contributed by atoms with Crippen molar-refractivity contribution in [1.82, 2.24) is 4.90 Å². The maximum atomic E-state index is 11.0. The number of ether oxygens (including phenoxy) is 1. The minimum Gasteiger partial charge on any atom is -0.364 e. The van der Waals surface area contributed by atoms with Crippen LogP contribution in [0.25, 0.3) is 0 Å². The van der Waals surface area contributed by atoms with Crippen molar-refractivity contribution in [1.29, 1.82) is 0 Å². The molecule has 0 amide bonds. The van der Waals surface area contributed by atoms with Crippen molar-refractivity contribution in [3.8, 4) is 0 Å². The second-order valence-corrected chi connectivity index (χ2v) is 3.04. The summed E-state index contributed by atoms with van der Waals surface area (Å²) in [5.74, 6) is 0.177. The second kappa shape index (κ2) is 4.26. The highest BCUT2D eigenvalue weighted by Gasteiger charge is 2.12. The van der Waals surface area contributed by atoms with E-state index in [1.54, 1.807) is 14.0 Å². The molecule has 1 aliphatic heterocycles. The maximum absolute atomic E-state index is 11.0. The Balaban J connectivity index is 2.57. The molecule has 0 unspecified atom stereocenters. The van der Waals surface area contributed by atoms with Gasteiger partial charge in [-0.25, -0.2) is 0 Å². The molecule has 1 aliphatic rings. The standard InChI is InChI=1S/C9H15NO2/c1-8(11)9-4-3-5-10(6-9)7-12-2/h6H,3-5,7H2,1-2H3. The number of Topliss-reactive ketones (excluding diaryl/α,β-unsaturated/α-hetero) is 1. The second-order valence-electron chi connectivity index (χ2n) is 3.04. The van der Waals surface area contributed by atoms with E-state index in [9.17, 15) is 4.79 Å². The molecule has 0 radical (unpaired) electrons. The molecule has 3 heteroatoms. The van der Waals surface area contributed by atoms with Crippen LogP contribution in [0.1, 0.15) is 19.8 Å². The predicted octanol–water partition coefficient (Wildman–Crippen LogP) is 1.16. The van der Waals surface area contributed by atoms with Crippen LogP contribution in [0.15, 0.2) is 11.8 Å². The zero-order valence-electron chi connectivity index (χ0n) is 7.67. The van der Waals surface area contributed by atoms with Gasteiger partial charge in [0.2, 0.25) is 0 Å². The summed E-state index contributed by atoms with van der Waals surface area (Å²) < 4.78 is 4.98. The van der Waals surface area contributed by atoms with E-state index in [1.165, 1.54) is 0 Å². The van der Waals surface area contributed by atoms with Gasteiger partial charge in [-0.15, -0.1) is 0 Å². The summed E-state index contributed by atoms with van der Waals surface area (Å²) in [7, 11) is 1.66. The molecule has 3 nitrogen and oxygen atoms in total. The van der Waals surface area contributed by atoms with Crippen LogP contribution in [-0.2, 0) is 9.53 Å². The van der Waals surface area contributed by atoms with Crippen LogP contribution in [0.4, 0.5) is 0 Å². The molecular weight excluding hydrogens is 154 g/mol. The van der Waals surface area contributed by atoms with E-state index < -0.39 is 0 Å². The number of allylic oxidation sites excluding steroid dienone is 1. The zero-order chi connectivity index (χ0) is 8.97. The molecule has 0 saturated heterocycles. The molecule has 0 saturated carbocycles. The molecule has 0 atom stereocenters. The summed E-state index contributed by atoms with van der Waals surface area (Å²) >= 11 is 0. The van der Waals surface area contributed by atoms with E-state index in [-0.39, 0.29) is 5.78 Å². The summed E-state index contributed by atoms with van der Waals surface area (Å²) in [4.78, 5) is 13.0. The number of carbonyl (C=O) groups excluding carboxylic acids is 1. The molecular formula is C9H15NO2. The highest BCUT2D eigenvalue weighted by Crippen LogP contribution is 2.14. The highest BCUT2D eigenvalue weighted by molar-refractivity contribution is 5.93. The molecule has 0 fully saturated rings.